The topological polar surface area (TPSA) is 79.7 Å². The van der Waals surface area contributed by atoms with E-state index >= 15 is 0 Å². The molecular weight excluding hydrogens is 253 g/mol. The normalized spacial score (nSPS) is 10.2. The Bertz CT molecular complexity index is 643. The summed E-state index contributed by atoms with van der Waals surface area (Å²) >= 11 is 0. The van der Waals surface area contributed by atoms with Gasteiger partial charge in [0.1, 0.15) is 11.3 Å². The van der Waals surface area contributed by atoms with Gasteiger partial charge in [-0.2, -0.15) is 0 Å². The number of carbonyl (C=O) groups is 1. The molecule has 0 aliphatic carbocycles. The van der Waals surface area contributed by atoms with E-state index in [9.17, 15) is 14.3 Å². The molecule has 5 nitrogen and oxygen atoms in total. The predicted octanol–water partition coefficient (Wildman–Crippen LogP) is 2.30. The van der Waals surface area contributed by atoms with Gasteiger partial charge in [-0.3, -0.25) is 0 Å². The molecule has 1 aromatic carbocycles. The standard InChI is InChI=1S/C13H10FNO4/c1-19-12-11(14)8(4-5-15-12)7-2-3-10(16)9(6-7)13(17)18/h2-6,16H,1H3,(H,17,18). The molecule has 0 saturated heterocycles. The number of ether oxygens (including phenoxy) is 1. The third-order valence-corrected chi connectivity index (χ3v) is 2.59. The smallest absolute Gasteiger partial charge is 0.339 e. The van der Waals surface area contributed by atoms with Crippen molar-refractivity contribution in [1.29, 1.82) is 0 Å². The lowest BCUT2D eigenvalue weighted by Crippen LogP contribution is -1.98. The largest absolute Gasteiger partial charge is 0.507 e. The van der Waals surface area contributed by atoms with Crippen LogP contribution < -0.4 is 4.74 Å². The van der Waals surface area contributed by atoms with Gasteiger partial charge in [0.2, 0.25) is 0 Å². The highest BCUT2D eigenvalue weighted by molar-refractivity contribution is 5.92. The fourth-order valence-corrected chi connectivity index (χ4v) is 1.66. The molecule has 0 radical (unpaired) electrons. The van der Waals surface area contributed by atoms with Crippen LogP contribution in [0.25, 0.3) is 11.1 Å². The van der Waals surface area contributed by atoms with Gasteiger partial charge in [-0.15, -0.1) is 0 Å². The van der Waals surface area contributed by atoms with E-state index in [1.165, 1.54) is 37.6 Å². The number of aromatic nitrogens is 1. The van der Waals surface area contributed by atoms with Crippen LogP contribution in [0.2, 0.25) is 0 Å². The van der Waals surface area contributed by atoms with E-state index in [-0.39, 0.29) is 22.8 Å². The first-order valence-corrected chi connectivity index (χ1v) is 5.29. The highest BCUT2D eigenvalue weighted by atomic mass is 19.1. The van der Waals surface area contributed by atoms with E-state index in [0.29, 0.717) is 5.56 Å². The van der Waals surface area contributed by atoms with E-state index in [4.69, 9.17) is 9.84 Å². The van der Waals surface area contributed by atoms with Gasteiger partial charge in [0.05, 0.1) is 7.11 Å². The number of carboxylic acid groups (broad SMARTS) is 1. The first-order chi connectivity index (χ1) is 9.04. The molecule has 6 heteroatoms. The average Bonchev–Trinajstić information content (AvgIpc) is 2.39. The Kier molecular flexibility index (Phi) is 3.33. The summed E-state index contributed by atoms with van der Waals surface area (Å²) in [6.07, 6.45) is 1.35. The lowest BCUT2D eigenvalue weighted by Gasteiger charge is -2.08. The lowest BCUT2D eigenvalue weighted by molar-refractivity contribution is 0.0694. The number of nitrogens with zero attached hydrogens (tertiary/aromatic N) is 1. The van der Waals surface area contributed by atoms with E-state index in [1.807, 2.05) is 0 Å². The molecule has 0 atom stereocenters. The Balaban J connectivity index is 2.60. The Hall–Kier alpha value is -2.63. The maximum absolute atomic E-state index is 14.0. The third-order valence-electron chi connectivity index (χ3n) is 2.59. The number of phenols is 1. The zero-order valence-electron chi connectivity index (χ0n) is 9.92. The number of hydrogen-bond acceptors (Lipinski definition) is 4. The zero-order valence-corrected chi connectivity index (χ0v) is 9.92. The molecule has 0 aliphatic heterocycles. The minimum absolute atomic E-state index is 0.148. The van der Waals surface area contributed by atoms with Gasteiger partial charge >= 0.3 is 5.97 Å². The molecule has 1 aromatic heterocycles. The molecule has 0 aliphatic rings. The van der Waals surface area contributed by atoms with Crippen molar-refractivity contribution in [3.63, 3.8) is 0 Å². The molecule has 0 amide bonds. The van der Waals surface area contributed by atoms with Crippen LogP contribution in [0.15, 0.2) is 30.5 Å². The van der Waals surface area contributed by atoms with Gasteiger partial charge in [-0.1, -0.05) is 6.07 Å². The quantitative estimate of drug-likeness (QED) is 0.888. The number of methoxy groups -OCH3 is 1. The Labute approximate surface area is 107 Å². The van der Waals surface area contributed by atoms with Crippen molar-refractivity contribution >= 4 is 5.97 Å². The molecule has 1 heterocycles. The van der Waals surface area contributed by atoms with Crippen LogP contribution in [0.3, 0.4) is 0 Å². The maximum Gasteiger partial charge on any atom is 0.339 e. The van der Waals surface area contributed by atoms with Crippen LogP contribution in [0.4, 0.5) is 4.39 Å². The second-order valence-electron chi connectivity index (χ2n) is 3.72. The Morgan fingerprint density at radius 3 is 2.74 bits per heavy atom. The summed E-state index contributed by atoms with van der Waals surface area (Å²) in [6.45, 7) is 0. The number of aromatic carboxylic acids is 1. The van der Waals surface area contributed by atoms with Crippen LogP contribution in [-0.2, 0) is 0 Å². The lowest BCUT2D eigenvalue weighted by atomic mass is 10.0. The summed E-state index contributed by atoms with van der Waals surface area (Å²) in [5, 5.41) is 18.3. The highest BCUT2D eigenvalue weighted by Crippen LogP contribution is 2.30. The third kappa shape index (κ3) is 2.33. The van der Waals surface area contributed by atoms with Gasteiger partial charge < -0.3 is 14.9 Å². The number of benzene rings is 1. The van der Waals surface area contributed by atoms with Crippen LogP contribution in [0.5, 0.6) is 11.6 Å². The zero-order chi connectivity index (χ0) is 14.0. The van der Waals surface area contributed by atoms with Crippen LogP contribution in [0, 0.1) is 5.82 Å². The predicted molar refractivity (Wildman–Crippen MR) is 64.8 cm³/mol. The van der Waals surface area contributed by atoms with Crippen molar-refractivity contribution in [1.82, 2.24) is 4.98 Å². The molecule has 19 heavy (non-hydrogen) atoms. The molecule has 0 fully saturated rings. The summed E-state index contributed by atoms with van der Waals surface area (Å²) in [5.74, 6) is -2.53. The second kappa shape index (κ2) is 4.93. The number of carboxylic acids is 1. The van der Waals surface area contributed by atoms with Gasteiger partial charge in [0.25, 0.3) is 5.88 Å². The summed E-state index contributed by atoms with van der Waals surface area (Å²) in [7, 11) is 1.29. The number of aromatic hydroxyl groups is 1. The minimum Gasteiger partial charge on any atom is -0.507 e. The van der Waals surface area contributed by atoms with Gasteiger partial charge in [-0.05, 0) is 23.8 Å². The fraction of sp³-hybridized carbons (Fsp3) is 0.0769. The Morgan fingerprint density at radius 1 is 1.37 bits per heavy atom. The van der Waals surface area contributed by atoms with Crippen LogP contribution >= 0.6 is 0 Å². The van der Waals surface area contributed by atoms with E-state index in [0.717, 1.165) is 0 Å². The molecule has 2 aromatic rings. The van der Waals surface area contributed by atoms with Crippen molar-refractivity contribution in [3.8, 4) is 22.8 Å². The second-order valence-corrected chi connectivity index (χ2v) is 3.72. The molecule has 2 N–H and O–H groups in total. The highest BCUT2D eigenvalue weighted by Gasteiger charge is 2.15. The van der Waals surface area contributed by atoms with Crippen LogP contribution in [-0.4, -0.2) is 28.3 Å². The SMILES string of the molecule is COc1nccc(-c2ccc(O)c(C(=O)O)c2)c1F. The van der Waals surface area contributed by atoms with Crippen molar-refractivity contribution in [2.75, 3.05) is 7.11 Å². The summed E-state index contributed by atoms with van der Waals surface area (Å²) < 4.78 is 18.8. The Morgan fingerprint density at radius 2 is 2.11 bits per heavy atom. The van der Waals surface area contributed by atoms with Crippen molar-refractivity contribution in [2.24, 2.45) is 0 Å². The molecular formula is C13H10FNO4. The van der Waals surface area contributed by atoms with Crippen molar-refractivity contribution in [3.05, 3.63) is 41.8 Å². The van der Waals surface area contributed by atoms with Crippen LogP contribution in [0.1, 0.15) is 10.4 Å². The summed E-state index contributed by atoms with van der Waals surface area (Å²) in [4.78, 5) is 14.6. The molecule has 0 unspecified atom stereocenters. The van der Waals surface area contributed by atoms with E-state index in [2.05, 4.69) is 4.98 Å². The first kappa shape index (κ1) is 12.8. The average molecular weight is 263 g/mol. The van der Waals surface area contributed by atoms with Gasteiger partial charge in [0, 0.05) is 11.8 Å². The molecule has 98 valence electrons. The number of halogens is 1. The van der Waals surface area contributed by atoms with Crippen molar-refractivity contribution < 1.29 is 24.1 Å². The molecule has 0 saturated carbocycles. The number of hydrogen-bond donors (Lipinski definition) is 2. The molecule has 2 rings (SSSR count). The molecule has 0 spiro atoms. The number of pyridine rings is 1. The summed E-state index contributed by atoms with van der Waals surface area (Å²) in [5.41, 5.74) is 0.162. The molecule has 0 bridgehead atoms. The van der Waals surface area contributed by atoms with Crippen molar-refractivity contribution in [2.45, 2.75) is 0 Å². The van der Waals surface area contributed by atoms with E-state index < -0.39 is 11.8 Å². The minimum atomic E-state index is -1.29. The van der Waals surface area contributed by atoms with Gasteiger partial charge in [0.15, 0.2) is 5.82 Å². The van der Waals surface area contributed by atoms with Gasteiger partial charge in [-0.25, -0.2) is 14.2 Å². The fourth-order valence-electron chi connectivity index (χ4n) is 1.66. The monoisotopic (exact) mass is 263 g/mol. The van der Waals surface area contributed by atoms with E-state index in [1.54, 1.807) is 0 Å². The first-order valence-electron chi connectivity index (χ1n) is 5.29. The maximum atomic E-state index is 14.0. The number of rotatable bonds is 3. The summed E-state index contributed by atoms with van der Waals surface area (Å²) in [6, 6.07) is 5.20.